The zero-order valence-electron chi connectivity index (χ0n) is 12.4. The largest absolute Gasteiger partial charge is 0.435 e. The molecule has 0 atom stereocenters. The second-order valence-corrected chi connectivity index (χ2v) is 6.31. The molecule has 0 aliphatic heterocycles. The lowest BCUT2D eigenvalue weighted by Gasteiger charge is -2.06. The fraction of sp³-hybridized carbons (Fsp3) is 0.200. The molecule has 2 heterocycles. The number of rotatable bonds is 4. The van der Waals surface area contributed by atoms with Crippen molar-refractivity contribution < 1.29 is 13.2 Å². The van der Waals surface area contributed by atoms with Crippen LogP contribution in [0.5, 0.6) is 0 Å². The lowest BCUT2D eigenvalue weighted by Crippen LogP contribution is -2.11. The van der Waals surface area contributed by atoms with Crippen molar-refractivity contribution in [1.29, 1.82) is 0 Å². The molecule has 9 heteroatoms. The van der Waals surface area contributed by atoms with Gasteiger partial charge in [-0.2, -0.15) is 18.3 Å². The number of aromatic nitrogens is 3. The molecular weight excluding hydrogens is 361 g/mol. The van der Waals surface area contributed by atoms with Gasteiger partial charge in [0.25, 0.3) is 0 Å². The summed E-state index contributed by atoms with van der Waals surface area (Å²) in [5.41, 5.74) is 0.635. The number of anilines is 1. The Hall–Kier alpha value is -2.06. The van der Waals surface area contributed by atoms with Gasteiger partial charge in [0.2, 0.25) is 0 Å². The fourth-order valence-electron chi connectivity index (χ4n) is 2.22. The molecular formula is C15H12ClF3N4S. The van der Waals surface area contributed by atoms with Gasteiger partial charge in [0.1, 0.15) is 0 Å². The highest BCUT2D eigenvalue weighted by Gasteiger charge is 2.36. The van der Waals surface area contributed by atoms with Gasteiger partial charge in [0.15, 0.2) is 10.8 Å². The van der Waals surface area contributed by atoms with Crippen LogP contribution in [0, 0.1) is 0 Å². The Bertz CT molecular complexity index is 857. The van der Waals surface area contributed by atoms with Crippen LogP contribution in [0.4, 0.5) is 18.3 Å². The monoisotopic (exact) mass is 372 g/mol. The number of nitrogens with one attached hydrogen (secondary N) is 1. The van der Waals surface area contributed by atoms with E-state index in [1.165, 1.54) is 24.6 Å². The summed E-state index contributed by atoms with van der Waals surface area (Å²) < 4.78 is 39.9. The van der Waals surface area contributed by atoms with Crippen LogP contribution in [0.1, 0.15) is 11.3 Å². The molecule has 0 radical (unpaired) electrons. The van der Waals surface area contributed by atoms with Gasteiger partial charge in [-0.1, -0.05) is 29.8 Å². The summed E-state index contributed by atoms with van der Waals surface area (Å²) in [4.78, 5) is 4.37. The van der Waals surface area contributed by atoms with Crippen LogP contribution in [0.15, 0.2) is 35.8 Å². The van der Waals surface area contributed by atoms with Crippen molar-refractivity contribution in [1.82, 2.24) is 14.8 Å². The molecule has 0 bridgehead atoms. The van der Waals surface area contributed by atoms with Gasteiger partial charge < -0.3 is 5.32 Å². The van der Waals surface area contributed by atoms with Gasteiger partial charge in [0.05, 0.1) is 5.69 Å². The summed E-state index contributed by atoms with van der Waals surface area (Å²) in [7, 11) is 1.46. The second kappa shape index (κ2) is 6.45. The first-order chi connectivity index (χ1) is 11.3. The molecule has 24 heavy (non-hydrogen) atoms. The van der Waals surface area contributed by atoms with Gasteiger partial charge in [-0.05, 0) is 6.07 Å². The summed E-state index contributed by atoms with van der Waals surface area (Å²) in [6.07, 6.45) is -3.14. The van der Waals surface area contributed by atoms with E-state index in [0.717, 1.165) is 10.2 Å². The Balaban J connectivity index is 1.76. The Morgan fingerprint density at radius 2 is 2.04 bits per heavy atom. The van der Waals surface area contributed by atoms with Gasteiger partial charge >= 0.3 is 6.18 Å². The standard InChI is InChI=1S/C15H12ClF3N4S/c1-23-7-9(13(22-23)15(17,18)19)6-20-14-21-12(8-24-14)10-4-2-3-5-11(10)16/h2-5,7-8H,6H2,1H3,(H,20,21). The molecule has 0 saturated carbocycles. The molecule has 2 aromatic heterocycles. The Labute approximate surface area is 144 Å². The number of benzene rings is 1. The van der Waals surface area contributed by atoms with Crippen molar-refractivity contribution in [3.63, 3.8) is 0 Å². The van der Waals surface area contributed by atoms with Crippen LogP contribution in [-0.4, -0.2) is 14.8 Å². The molecule has 0 saturated heterocycles. The van der Waals surface area contributed by atoms with Gasteiger partial charge in [-0.25, -0.2) is 4.98 Å². The summed E-state index contributed by atoms with van der Waals surface area (Å²) in [5, 5.41) is 9.27. The minimum Gasteiger partial charge on any atom is -0.357 e. The Morgan fingerprint density at radius 3 is 2.75 bits per heavy atom. The minimum absolute atomic E-state index is 0.0157. The van der Waals surface area contributed by atoms with E-state index in [4.69, 9.17) is 11.6 Å². The third-order valence-electron chi connectivity index (χ3n) is 3.26. The molecule has 0 aliphatic carbocycles. The molecule has 1 aromatic carbocycles. The van der Waals surface area contributed by atoms with Gasteiger partial charge in [-0.3, -0.25) is 4.68 Å². The van der Waals surface area contributed by atoms with Gasteiger partial charge in [0, 0.05) is 41.3 Å². The topological polar surface area (TPSA) is 42.7 Å². The van der Waals surface area contributed by atoms with Crippen LogP contribution in [0.3, 0.4) is 0 Å². The molecule has 0 unspecified atom stereocenters. The predicted molar refractivity (Wildman–Crippen MR) is 88.1 cm³/mol. The zero-order valence-corrected chi connectivity index (χ0v) is 14.0. The van der Waals surface area contributed by atoms with E-state index in [9.17, 15) is 13.2 Å². The highest BCUT2D eigenvalue weighted by Crippen LogP contribution is 2.32. The first-order valence-corrected chi connectivity index (χ1v) is 8.14. The van der Waals surface area contributed by atoms with Crippen molar-refractivity contribution in [2.24, 2.45) is 7.05 Å². The number of nitrogens with zero attached hydrogens (tertiary/aromatic N) is 3. The van der Waals surface area contributed by atoms with Crippen molar-refractivity contribution in [2.75, 3.05) is 5.32 Å². The summed E-state index contributed by atoms with van der Waals surface area (Å²) >= 11 is 7.43. The Kier molecular flexibility index (Phi) is 4.51. The first-order valence-electron chi connectivity index (χ1n) is 6.88. The van der Waals surface area contributed by atoms with Gasteiger partial charge in [-0.15, -0.1) is 11.3 Å². The van der Waals surface area contributed by atoms with E-state index in [0.29, 0.717) is 15.8 Å². The van der Waals surface area contributed by atoms with Crippen molar-refractivity contribution >= 4 is 28.1 Å². The van der Waals surface area contributed by atoms with E-state index < -0.39 is 11.9 Å². The summed E-state index contributed by atoms with van der Waals surface area (Å²) in [6.45, 7) is -0.0157. The molecule has 0 spiro atoms. The molecule has 3 aromatic rings. The van der Waals surface area contributed by atoms with Crippen LogP contribution in [-0.2, 0) is 19.8 Å². The summed E-state index contributed by atoms with van der Waals surface area (Å²) in [6, 6.07) is 7.26. The van der Waals surface area contributed by atoms with Crippen molar-refractivity contribution in [3.8, 4) is 11.3 Å². The average Bonchev–Trinajstić information content (AvgIpc) is 3.11. The maximum atomic E-state index is 12.9. The first kappa shape index (κ1) is 16.8. The average molecular weight is 373 g/mol. The number of hydrogen-bond donors (Lipinski definition) is 1. The SMILES string of the molecule is Cn1cc(CNc2nc(-c3ccccc3Cl)cs2)c(C(F)(F)F)n1. The van der Waals surface area contributed by atoms with Crippen LogP contribution < -0.4 is 5.32 Å². The smallest absolute Gasteiger partial charge is 0.357 e. The number of thiazole rings is 1. The third-order valence-corrected chi connectivity index (χ3v) is 4.39. The quantitative estimate of drug-likeness (QED) is 0.713. The maximum Gasteiger partial charge on any atom is 0.435 e. The predicted octanol–water partition coefficient (Wildman–Crippen LogP) is 4.83. The van der Waals surface area contributed by atoms with Crippen molar-refractivity contribution in [3.05, 3.63) is 52.1 Å². The van der Waals surface area contributed by atoms with E-state index in [2.05, 4.69) is 15.4 Å². The third kappa shape index (κ3) is 3.54. The lowest BCUT2D eigenvalue weighted by molar-refractivity contribution is -0.142. The lowest BCUT2D eigenvalue weighted by atomic mass is 10.2. The second-order valence-electron chi connectivity index (χ2n) is 5.05. The minimum atomic E-state index is -4.48. The Morgan fingerprint density at radius 1 is 1.29 bits per heavy atom. The van der Waals surface area contributed by atoms with E-state index in [1.54, 1.807) is 11.4 Å². The van der Waals surface area contributed by atoms with Crippen LogP contribution in [0.25, 0.3) is 11.3 Å². The van der Waals surface area contributed by atoms with E-state index in [1.807, 2.05) is 18.2 Å². The fourth-order valence-corrected chi connectivity index (χ4v) is 3.17. The maximum absolute atomic E-state index is 12.9. The molecule has 1 N–H and O–H groups in total. The highest BCUT2D eigenvalue weighted by molar-refractivity contribution is 7.14. The van der Waals surface area contributed by atoms with Crippen molar-refractivity contribution in [2.45, 2.75) is 12.7 Å². The number of aryl methyl sites for hydroxylation is 1. The molecule has 0 amide bonds. The molecule has 4 nitrogen and oxygen atoms in total. The molecule has 0 fully saturated rings. The molecule has 126 valence electrons. The van der Waals surface area contributed by atoms with E-state index >= 15 is 0 Å². The summed E-state index contributed by atoms with van der Waals surface area (Å²) in [5.74, 6) is 0. The highest BCUT2D eigenvalue weighted by atomic mass is 35.5. The number of halogens is 4. The number of hydrogen-bond acceptors (Lipinski definition) is 4. The van der Waals surface area contributed by atoms with Crippen LogP contribution >= 0.6 is 22.9 Å². The molecule has 3 rings (SSSR count). The molecule has 0 aliphatic rings. The normalized spacial score (nSPS) is 11.7. The zero-order chi connectivity index (χ0) is 17.3. The van der Waals surface area contributed by atoms with Crippen LogP contribution in [0.2, 0.25) is 5.02 Å². The van der Waals surface area contributed by atoms with E-state index in [-0.39, 0.29) is 12.1 Å². The number of alkyl halides is 3.